The first-order valence-corrected chi connectivity index (χ1v) is 9.23. The maximum atomic E-state index is 10.7. The first-order valence-electron chi connectivity index (χ1n) is 7.67. The normalized spacial score (nSPS) is 10.7. The monoisotopic (exact) mass is 372 g/mol. The average molecular weight is 372 g/mol. The lowest BCUT2D eigenvalue weighted by Crippen LogP contribution is -2.03. The van der Waals surface area contributed by atoms with Crippen molar-refractivity contribution in [1.82, 2.24) is 14.8 Å². The van der Waals surface area contributed by atoms with Gasteiger partial charge in [0.05, 0.1) is 4.92 Å². The van der Waals surface area contributed by atoms with Crippen LogP contribution in [-0.4, -0.2) is 25.4 Å². The topological polar surface area (TPSA) is 76.8 Å². The Labute approximate surface area is 154 Å². The van der Waals surface area contributed by atoms with Crippen molar-refractivity contribution in [2.24, 2.45) is 0 Å². The molecule has 0 saturated carbocycles. The molecule has 25 heavy (non-hydrogen) atoms. The van der Waals surface area contributed by atoms with Gasteiger partial charge in [-0.25, -0.2) is 0 Å². The van der Waals surface area contributed by atoms with Gasteiger partial charge in [-0.15, -0.1) is 0 Å². The highest BCUT2D eigenvalue weighted by atomic mass is 32.2. The second kappa shape index (κ2) is 8.09. The number of nitro groups is 1. The van der Waals surface area contributed by atoms with Crippen LogP contribution in [0.25, 0.3) is 11.4 Å². The van der Waals surface area contributed by atoms with Gasteiger partial charge in [0.2, 0.25) is 0 Å². The molecule has 3 rings (SSSR count). The van der Waals surface area contributed by atoms with Crippen LogP contribution >= 0.6 is 24.0 Å². The summed E-state index contributed by atoms with van der Waals surface area (Å²) in [4.78, 5) is 10.3. The molecule has 0 spiro atoms. The highest BCUT2D eigenvalue weighted by molar-refractivity contribution is 7.98. The predicted octanol–water partition coefficient (Wildman–Crippen LogP) is 4.45. The fraction of sp³-hybridized carbons (Fsp3) is 0.176. The molecule has 0 amide bonds. The largest absolute Gasteiger partial charge is 0.299 e. The molecule has 0 aliphatic rings. The highest BCUT2D eigenvalue weighted by Crippen LogP contribution is 2.19. The Kier molecular flexibility index (Phi) is 5.62. The Hall–Kier alpha value is -2.45. The van der Waals surface area contributed by atoms with E-state index in [0.29, 0.717) is 4.77 Å². The summed E-state index contributed by atoms with van der Waals surface area (Å²) < 4.78 is 2.60. The van der Waals surface area contributed by atoms with Crippen molar-refractivity contribution in [3.63, 3.8) is 0 Å². The average Bonchev–Trinajstić information content (AvgIpc) is 3.00. The first-order chi connectivity index (χ1) is 12.1. The van der Waals surface area contributed by atoms with Crippen molar-refractivity contribution in [3.05, 3.63) is 75.0 Å². The molecule has 1 aromatic heterocycles. The molecule has 3 aromatic rings. The van der Waals surface area contributed by atoms with Gasteiger partial charge in [-0.2, -0.15) is 16.9 Å². The summed E-state index contributed by atoms with van der Waals surface area (Å²) in [5, 5.41) is 17.8. The quantitative estimate of drug-likeness (QED) is 0.287. The van der Waals surface area contributed by atoms with Crippen molar-refractivity contribution in [3.8, 4) is 11.4 Å². The standard InChI is InChI=1S/C17H16N4O2S2/c22-21(23)15-8-6-13(7-9-15)12-25-11-10-20-16(18-19-17(20)24)14-4-2-1-3-5-14/h1-9H,10-12H2,(H,19,24). The zero-order valence-corrected chi connectivity index (χ0v) is 14.9. The number of non-ortho nitro benzene ring substituents is 1. The molecule has 1 N–H and O–H groups in total. The van der Waals surface area contributed by atoms with E-state index >= 15 is 0 Å². The van der Waals surface area contributed by atoms with Crippen LogP contribution in [0.5, 0.6) is 0 Å². The highest BCUT2D eigenvalue weighted by Gasteiger charge is 2.08. The number of nitrogens with one attached hydrogen (secondary N) is 1. The van der Waals surface area contributed by atoms with E-state index in [1.165, 1.54) is 12.1 Å². The Balaban J connectivity index is 1.59. The molecule has 2 aromatic carbocycles. The molecule has 0 atom stereocenters. The summed E-state index contributed by atoms with van der Waals surface area (Å²) in [5.74, 6) is 2.50. The summed E-state index contributed by atoms with van der Waals surface area (Å²) in [6.07, 6.45) is 0. The van der Waals surface area contributed by atoms with Gasteiger partial charge in [-0.3, -0.25) is 19.8 Å². The number of benzene rings is 2. The van der Waals surface area contributed by atoms with Gasteiger partial charge in [0, 0.05) is 35.7 Å². The number of aromatic nitrogens is 3. The Bertz CT molecular complexity index is 904. The molecule has 6 nitrogen and oxygen atoms in total. The number of nitro benzene ring substituents is 1. The molecule has 0 unspecified atom stereocenters. The zero-order valence-electron chi connectivity index (χ0n) is 13.3. The number of nitrogens with zero attached hydrogens (tertiary/aromatic N) is 3. The predicted molar refractivity (Wildman–Crippen MR) is 102 cm³/mol. The van der Waals surface area contributed by atoms with Gasteiger partial charge in [0.15, 0.2) is 10.6 Å². The van der Waals surface area contributed by atoms with E-state index in [9.17, 15) is 10.1 Å². The minimum Gasteiger partial charge on any atom is -0.299 e. The van der Waals surface area contributed by atoms with E-state index in [1.54, 1.807) is 23.9 Å². The lowest BCUT2D eigenvalue weighted by atomic mass is 10.2. The van der Waals surface area contributed by atoms with Crippen LogP contribution in [0.15, 0.2) is 54.6 Å². The summed E-state index contributed by atoms with van der Waals surface area (Å²) in [5.41, 5.74) is 2.20. The molecule has 0 radical (unpaired) electrons. The number of aromatic amines is 1. The number of thioether (sulfide) groups is 1. The van der Waals surface area contributed by atoms with Crippen LogP contribution in [0.3, 0.4) is 0 Å². The summed E-state index contributed by atoms with van der Waals surface area (Å²) in [6.45, 7) is 0.747. The summed E-state index contributed by atoms with van der Waals surface area (Å²) >= 11 is 7.08. The molecule has 128 valence electrons. The summed E-state index contributed by atoms with van der Waals surface area (Å²) in [6, 6.07) is 16.6. The van der Waals surface area contributed by atoms with Gasteiger partial charge in [0.25, 0.3) is 5.69 Å². The van der Waals surface area contributed by atoms with Crippen molar-refractivity contribution >= 4 is 29.7 Å². The van der Waals surface area contributed by atoms with Crippen LogP contribution in [-0.2, 0) is 12.3 Å². The molecule has 0 saturated heterocycles. The van der Waals surface area contributed by atoms with Crippen LogP contribution in [0.4, 0.5) is 5.69 Å². The second-order valence-electron chi connectivity index (χ2n) is 5.35. The van der Waals surface area contributed by atoms with Crippen LogP contribution in [0.2, 0.25) is 0 Å². The first kappa shape index (κ1) is 17.4. The molecule has 0 aliphatic heterocycles. The summed E-state index contributed by atoms with van der Waals surface area (Å²) in [7, 11) is 0. The molecule has 8 heteroatoms. The van der Waals surface area contributed by atoms with Gasteiger partial charge in [-0.1, -0.05) is 42.5 Å². The molecular weight excluding hydrogens is 356 g/mol. The molecular formula is C17H16N4O2S2. The van der Waals surface area contributed by atoms with Crippen LogP contribution in [0.1, 0.15) is 5.56 Å². The number of hydrogen-bond acceptors (Lipinski definition) is 5. The molecule has 0 fully saturated rings. The molecule has 0 bridgehead atoms. The maximum absolute atomic E-state index is 10.7. The minimum absolute atomic E-state index is 0.117. The number of hydrogen-bond donors (Lipinski definition) is 1. The van der Waals surface area contributed by atoms with Crippen molar-refractivity contribution in [2.45, 2.75) is 12.3 Å². The van der Waals surface area contributed by atoms with Crippen LogP contribution in [0, 0.1) is 14.9 Å². The minimum atomic E-state index is -0.386. The Morgan fingerprint density at radius 3 is 2.56 bits per heavy atom. The van der Waals surface area contributed by atoms with Gasteiger partial charge >= 0.3 is 0 Å². The maximum Gasteiger partial charge on any atom is 0.269 e. The van der Waals surface area contributed by atoms with E-state index in [2.05, 4.69) is 10.2 Å². The Morgan fingerprint density at radius 1 is 1.16 bits per heavy atom. The second-order valence-corrected chi connectivity index (χ2v) is 6.84. The lowest BCUT2D eigenvalue weighted by Gasteiger charge is -2.07. The van der Waals surface area contributed by atoms with Gasteiger partial charge in [-0.05, 0) is 17.8 Å². The SMILES string of the molecule is O=[N+]([O-])c1ccc(CSCCn2c(-c3ccccc3)n[nH]c2=S)cc1. The third kappa shape index (κ3) is 4.34. The third-order valence-electron chi connectivity index (χ3n) is 3.67. The molecule has 0 aliphatic carbocycles. The lowest BCUT2D eigenvalue weighted by molar-refractivity contribution is -0.384. The van der Waals surface area contributed by atoms with E-state index in [0.717, 1.165) is 35.0 Å². The van der Waals surface area contributed by atoms with E-state index < -0.39 is 0 Å². The van der Waals surface area contributed by atoms with Gasteiger partial charge in [0.1, 0.15) is 0 Å². The fourth-order valence-corrected chi connectivity index (χ4v) is 3.50. The smallest absolute Gasteiger partial charge is 0.269 e. The number of H-pyrrole nitrogens is 1. The van der Waals surface area contributed by atoms with Crippen molar-refractivity contribution in [1.29, 1.82) is 0 Å². The van der Waals surface area contributed by atoms with E-state index in [4.69, 9.17) is 12.2 Å². The van der Waals surface area contributed by atoms with Crippen molar-refractivity contribution in [2.75, 3.05) is 5.75 Å². The Morgan fingerprint density at radius 2 is 1.88 bits per heavy atom. The third-order valence-corrected chi connectivity index (χ3v) is 4.99. The van der Waals surface area contributed by atoms with Gasteiger partial charge < -0.3 is 0 Å². The zero-order chi connectivity index (χ0) is 17.6. The fourth-order valence-electron chi connectivity index (χ4n) is 2.39. The van der Waals surface area contributed by atoms with Crippen molar-refractivity contribution < 1.29 is 4.92 Å². The van der Waals surface area contributed by atoms with Crippen LogP contribution < -0.4 is 0 Å². The molecule has 1 heterocycles. The van der Waals surface area contributed by atoms with E-state index in [1.807, 2.05) is 34.9 Å². The number of rotatable bonds is 7. The van der Waals surface area contributed by atoms with E-state index in [-0.39, 0.29) is 10.6 Å².